The molecular weight excluding hydrogens is 445 g/mol. The SMILES string of the molecule is NC(=O)[C@@H](C[C@H](O)[C@H](Cc1ccccc1)NC(=O)c1cc2ccccc2nc1F)C1CCCCC1. The van der Waals surface area contributed by atoms with E-state index < -0.39 is 35.8 Å². The van der Waals surface area contributed by atoms with Crippen molar-refractivity contribution >= 4 is 22.7 Å². The van der Waals surface area contributed by atoms with Crippen LogP contribution in [0.15, 0.2) is 60.7 Å². The molecule has 1 aromatic heterocycles. The second kappa shape index (κ2) is 11.4. The number of carbonyl (C=O) groups is 2. The Morgan fingerprint density at radius 1 is 1.06 bits per heavy atom. The first kappa shape index (κ1) is 24.8. The number of fused-ring (bicyclic) bond motifs is 1. The Balaban J connectivity index is 1.56. The molecule has 4 rings (SSSR count). The average molecular weight is 478 g/mol. The van der Waals surface area contributed by atoms with E-state index in [2.05, 4.69) is 10.3 Å². The van der Waals surface area contributed by atoms with Gasteiger partial charge in [-0.3, -0.25) is 9.59 Å². The average Bonchev–Trinajstić information content (AvgIpc) is 2.87. The normalized spacial score (nSPS) is 17.0. The van der Waals surface area contributed by atoms with Gasteiger partial charge in [-0.1, -0.05) is 67.8 Å². The fourth-order valence-corrected chi connectivity index (χ4v) is 5.15. The first-order valence-corrected chi connectivity index (χ1v) is 12.3. The number of primary amides is 1. The van der Waals surface area contributed by atoms with Gasteiger partial charge in [-0.15, -0.1) is 0 Å². The van der Waals surface area contributed by atoms with Crippen molar-refractivity contribution in [2.24, 2.45) is 17.6 Å². The lowest BCUT2D eigenvalue weighted by molar-refractivity contribution is -0.125. The van der Waals surface area contributed by atoms with E-state index in [0.29, 0.717) is 17.3 Å². The maximum Gasteiger partial charge on any atom is 0.256 e. The van der Waals surface area contributed by atoms with Crippen molar-refractivity contribution in [1.29, 1.82) is 0 Å². The number of aliphatic hydroxyl groups excluding tert-OH is 1. The summed E-state index contributed by atoms with van der Waals surface area (Å²) in [7, 11) is 0. The van der Waals surface area contributed by atoms with E-state index >= 15 is 0 Å². The Morgan fingerprint density at radius 2 is 1.74 bits per heavy atom. The highest BCUT2D eigenvalue weighted by molar-refractivity contribution is 5.97. The number of nitrogens with two attached hydrogens (primary N) is 1. The smallest absolute Gasteiger partial charge is 0.256 e. The molecule has 0 spiro atoms. The van der Waals surface area contributed by atoms with Crippen LogP contribution < -0.4 is 11.1 Å². The van der Waals surface area contributed by atoms with Crippen molar-refractivity contribution in [3.63, 3.8) is 0 Å². The molecule has 6 nitrogen and oxygen atoms in total. The van der Waals surface area contributed by atoms with Crippen molar-refractivity contribution in [2.75, 3.05) is 0 Å². The summed E-state index contributed by atoms with van der Waals surface area (Å²) in [5, 5.41) is 14.7. The van der Waals surface area contributed by atoms with Crippen molar-refractivity contribution < 1.29 is 19.1 Å². The number of nitrogens with one attached hydrogen (secondary N) is 1. The summed E-state index contributed by atoms with van der Waals surface area (Å²) in [4.78, 5) is 29.4. The fourth-order valence-electron chi connectivity index (χ4n) is 5.15. The summed E-state index contributed by atoms with van der Waals surface area (Å²) in [6.07, 6.45) is 4.49. The minimum Gasteiger partial charge on any atom is -0.391 e. The molecule has 0 aliphatic heterocycles. The number of amides is 2. The molecule has 1 heterocycles. The number of halogens is 1. The van der Waals surface area contributed by atoms with Crippen LogP contribution in [0, 0.1) is 17.8 Å². The van der Waals surface area contributed by atoms with Crippen LogP contribution in [0.3, 0.4) is 0 Å². The number of nitrogens with zero attached hydrogens (tertiary/aromatic N) is 1. The molecule has 184 valence electrons. The van der Waals surface area contributed by atoms with Gasteiger partial charge in [0.1, 0.15) is 0 Å². The molecule has 0 bridgehead atoms. The lowest BCUT2D eigenvalue weighted by atomic mass is 9.76. The van der Waals surface area contributed by atoms with Gasteiger partial charge in [0.25, 0.3) is 5.91 Å². The van der Waals surface area contributed by atoms with Crippen LogP contribution in [0.25, 0.3) is 10.9 Å². The molecule has 1 fully saturated rings. The zero-order valence-corrected chi connectivity index (χ0v) is 19.7. The minimum absolute atomic E-state index is 0.131. The summed E-state index contributed by atoms with van der Waals surface area (Å²) >= 11 is 0. The van der Waals surface area contributed by atoms with Crippen LogP contribution in [0.5, 0.6) is 0 Å². The van der Waals surface area contributed by atoms with Gasteiger partial charge < -0.3 is 16.2 Å². The number of hydrogen-bond donors (Lipinski definition) is 3. The number of para-hydroxylation sites is 1. The number of aromatic nitrogens is 1. The molecule has 4 N–H and O–H groups in total. The molecule has 7 heteroatoms. The van der Waals surface area contributed by atoms with E-state index in [1.165, 1.54) is 6.07 Å². The second-order valence-corrected chi connectivity index (χ2v) is 9.50. The first-order chi connectivity index (χ1) is 16.9. The summed E-state index contributed by atoms with van der Waals surface area (Å²) in [5.74, 6) is -2.29. The molecule has 3 atom stereocenters. The topological polar surface area (TPSA) is 105 Å². The van der Waals surface area contributed by atoms with Gasteiger partial charge in [0.05, 0.1) is 23.2 Å². The van der Waals surface area contributed by atoms with Crippen molar-refractivity contribution in [3.8, 4) is 0 Å². The van der Waals surface area contributed by atoms with E-state index in [4.69, 9.17) is 5.73 Å². The molecular formula is C28H32FN3O3. The molecule has 2 aromatic carbocycles. The quantitative estimate of drug-likeness (QED) is 0.403. The number of rotatable bonds is 9. The van der Waals surface area contributed by atoms with Crippen molar-refractivity contribution in [3.05, 3.63) is 77.7 Å². The maximum absolute atomic E-state index is 14.7. The van der Waals surface area contributed by atoms with Crippen molar-refractivity contribution in [1.82, 2.24) is 10.3 Å². The third-order valence-corrected chi connectivity index (χ3v) is 7.08. The standard InChI is InChI=1S/C28H32FN3O3/c29-26-22(16-20-13-7-8-14-23(20)31-26)28(35)32-24(15-18-9-3-1-4-10-18)25(33)17-21(27(30)34)19-11-5-2-6-12-19/h1,3-4,7-10,13-14,16,19,21,24-25,33H,2,5-6,11-12,15,17H2,(H2,30,34)(H,32,35)/t21-,24-,25-/m0/s1. The number of carbonyl (C=O) groups excluding carboxylic acids is 2. The fraction of sp³-hybridized carbons (Fsp3) is 0.393. The van der Waals surface area contributed by atoms with Crippen LogP contribution in [-0.2, 0) is 11.2 Å². The third-order valence-electron chi connectivity index (χ3n) is 7.08. The van der Waals surface area contributed by atoms with Gasteiger partial charge in [0.15, 0.2) is 0 Å². The lowest BCUT2D eigenvalue weighted by Gasteiger charge is -2.32. The molecule has 2 amide bonds. The number of pyridine rings is 1. The van der Waals surface area contributed by atoms with Gasteiger partial charge in [-0.05, 0) is 49.3 Å². The predicted octanol–water partition coefficient (Wildman–Crippen LogP) is 4.15. The zero-order chi connectivity index (χ0) is 24.8. The van der Waals surface area contributed by atoms with E-state index in [9.17, 15) is 19.1 Å². The Labute approximate surface area is 204 Å². The van der Waals surface area contributed by atoms with E-state index in [-0.39, 0.29) is 17.9 Å². The lowest BCUT2D eigenvalue weighted by Crippen LogP contribution is -2.47. The first-order valence-electron chi connectivity index (χ1n) is 12.3. The van der Waals surface area contributed by atoms with Crippen LogP contribution in [0.1, 0.15) is 54.4 Å². The Bertz CT molecular complexity index is 1160. The number of benzene rings is 2. The van der Waals surface area contributed by atoms with Crippen LogP contribution in [0.4, 0.5) is 4.39 Å². The third kappa shape index (κ3) is 6.22. The molecule has 35 heavy (non-hydrogen) atoms. The minimum atomic E-state index is -1.03. The predicted molar refractivity (Wildman–Crippen MR) is 133 cm³/mol. The molecule has 1 aliphatic carbocycles. The van der Waals surface area contributed by atoms with E-state index in [1.54, 1.807) is 24.3 Å². The van der Waals surface area contributed by atoms with Gasteiger partial charge in [0.2, 0.25) is 11.9 Å². The van der Waals surface area contributed by atoms with Gasteiger partial charge >= 0.3 is 0 Å². The van der Waals surface area contributed by atoms with Gasteiger partial charge in [0, 0.05) is 11.3 Å². The summed E-state index contributed by atoms with van der Waals surface area (Å²) in [6.45, 7) is 0. The highest BCUT2D eigenvalue weighted by Gasteiger charge is 2.33. The largest absolute Gasteiger partial charge is 0.391 e. The monoisotopic (exact) mass is 477 g/mol. The number of hydrogen-bond acceptors (Lipinski definition) is 4. The Morgan fingerprint density at radius 3 is 2.46 bits per heavy atom. The highest BCUT2D eigenvalue weighted by atomic mass is 19.1. The van der Waals surface area contributed by atoms with Crippen LogP contribution in [0.2, 0.25) is 0 Å². The van der Waals surface area contributed by atoms with Crippen LogP contribution >= 0.6 is 0 Å². The van der Waals surface area contributed by atoms with Gasteiger partial charge in [-0.25, -0.2) is 4.98 Å². The second-order valence-electron chi connectivity index (χ2n) is 9.50. The molecule has 1 aliphatic rings. The molecule has 3 aromatic rings. The van der Waals surface area contributed by atoms with E-state index in [1.807, 2.05) is 30.3 Å². The van der Waals surface area contributed by atoms with Crippen LogP contribution in [-0.4, -0.2) is 34.1 Å². The van der Waals surface area contributed by atoms with Gasteiger partial charge in [-0.2, -0.15) is 4.39 Å². The maximum atomic E-state index is 14.7. The summed E-state index contributed by atoms with van der Waals surface area (Å²) < 4.78 is 14.7. The van der Waals surface area contributed by atoms with Crippen molar-refractivity contribution in [2.45, 2.75) is 57.1 Å². The van der Waals surface area contributed by atoms with E-state index in [0.717, 1.165) is 37.7 Å². The molecule has 0 unspecified atom stereocenters. The number of aliphatic hydroxyl groups is 1. The highest BCUT2D eigenvalue weighted by Crippen LogP contribution is 2.33. The summed E-state index contributed by atoms with van der Waals surface area (Å²) in [5.41, 5.74) is 6.91. The molecule has 0 saturated heterocycles. The Kier molecular flexibility index (Phi) is 8.08. The molecule has 1 saturated carbocycles. The zero-order valence-electron chi connectivity index (χ0n) is 19.7. The Hall–Kier alpha value is -3.32. The summed E-state index contributed by atoms with van der Waals surface area (Å²) in [6, 6.07) is 17.2. The molecule has 0 radical (unpaired) electrons.